The van der Waals surface area contributed by atoms with Gasteiger partial charge in [0.05, 0.1) is 25.9 Å². The molecule has 0 atom stereocenters. The van der Waals surface area contributed by atoms with Crippen LogP contribution in [0.4, 0.5) is 0 Å². The topological polar surface area (TPSA) is 44.8 Å². The first-order chi connectivity index (χ1) is 13.6. The van der Waals surface area contributed by atoms with Gasteiger partial charge in [-0.05, 0) is 60.2 Å². The van der Waals surface area contributed by atoms with Crippen LogP contribution in [-0.4, -0.2) is 26.1 Å². The fourth-order valence-electron chi connectivity index (χ4n) is 3.77. The monoisotopic (exact) mass is 376 g/mol. The van der Waals surface area contributed by atoms with E-state index in [1.807, 2.05) is 36.4 Å². The second kappa shape index (κ2) is 7.55. The lowest BCUT2D eigenvalue weighted by Gasteiger charge is -2.28. The fourth-order valence-corrected chi connectivity index (χ4v) is 3.77. The standard InChI is InChI=1S/C24H24O4/c1-4-11-27-20-14-17-6-5-12-28-24(17)22-21(20)15(2)13-19(23(22)25)16-7-9-18(26-3)10-8-16/h7-10,13-14H,2,4-6,11-12H2,1,3H3. The number of ether oxygens (including phenoxy) is 3. The summed E-state index contributed by atoms with van der Waals surface area (Å²) in [6, 6.07) is 9.52. The molecule has 1 aliphatic carbocycles. The summed E-state index contributed by atoms with van der Waals surface area (Å²) >= 11 is 0. The Balaban J connectivity index is 1.85. The number of rotatable bonds is 5. The first kappa shape index (κ1) is 18.4. The highest BCUT2D eigenvalue weighted by Gasteiger charge is 2.33. The molecule has 0 radical (unpaired) electrons. The van der Waals surface area contributed by atoms with E-state index < -0.39 is 0 Å². The van der Waals surface area contributed by atoms with Gasteiger partial charge in [-0.3, -0.25) is 4.79 Å². The van der Waals surface area contributed by atoms with Crippen molar-refractivity contribution in [3.8, 4) is 17.2 Å². The molecule has 0 amide bonds. The number of carbonyl (C=O) groups is 1. The molecule has 4 heteroatoms. The zero-order valence-electron chi connectivity index (χ0n) is 16.3. The number of aryl methyl sites for hydroxylation is 1. The molecule has 0 N–H and O–H groups in total. The molecule has 0 fully saturated rings. The Hall–Kier alpha value is -3.01. The van der Waals surface area contributed by atoms with Crippen LogP contribution in [0.1, 0.15) is 46.8 Å². The Morgan fingerprint density at radius 3 is 2.68 bits per heavy atom. The van der Waals surface area contributed by atoms with Crippen LogP contribution in [0.15, 0.2) is 43.0 Å². The Bertz CT molecular complexity index is 967. The van der Waals surface area contributed by atoms with Crippen LogP contribution in [0.5, 0.6) is 17.2 Å². The fraction of sp³-hybridized carbons (Fsp3) is 0.292. The normalized spacial score (nSPS) is 15.3. The first-order valence-corrected chi connectivity index (χ1v) is 9.69. The van der Waals surface area contributed by atoms with E-state index in [9.17, 15) is 4.79 Å². The maximum Gasteiger partial charge on any atom is 0.198 e. The molecule has 4 nitrogen and oxygen atoms in total. The summed E-state index contributed by atoms with van der Waals surface area (Å²) in [4.78, 5) is 13.5. The van der Waals surface area contributed by atoms with Crippen molar-refractivity contribution in [1.29, 1.82) is 0 Å². The van der Waals surface area contributed by atoms with Crippen LogP contribution < -0.4 is 14.2 Å². The third-order valence-electron chi connectivity index (χ3n) is 5.13. The molecule has 2 aromatic rings. The molecule has 1 heterocycles. The van der Waals surface area contributed by atoms with Crippen molar-refractivity contribution in [1.82, 2.24) is 0 Å². The summed E-state index contributed by atoms with van der Waals surface area (Å²) in [6.45, 7) is 7.51. The van der Waals surface area contributed by atoms with E-state index in [0.717, 1.165) is 53.0 Å². The molecular weight excluding hydrogens is 352 g/mol. The quantitative estimate of drug-likeness (QED) is 0.728. The van der Waals surface area contributed by atoms with Crippen molar-refractivity contribution in [2.45, 2.75) is 26.2 Å². The van der Waals surface area contributed by atoms with E-state index in [0.29, 0.717) is 30.1 Å². The number of hydrogen-bond acceptors (Lipinski definition) is 4. The van der Waals surface area contributed by atoms with Crippen molar-refractivity contribution in [2.24, 2.45) is 0 Å². The Morgan fingerprint density at radius 2 is 1.96 bits per heavy atom. The maximum atomic E-state index is 13.5. The SMILES string of the molecule is C=C1C=C(c2ccc(OC)cc2)C(=O)c2c3c(cc(OCCC)c21)CCCO3. The molecular formula is C24H24O4. The minimum atomic E-state index is -0.0485. The molecule has 0 bridgehead atoms. The van der Waals surface area contributed by atoms with Crippen LogP contribution in [0.3, 0.4) is 0 Å². The molecule has 28 heavy (non-hydrogen) atoms. The predicted molar refractivity (Wildman–Crippen MR) is 110 cm³/mol. The van der Waals surface area contributed by atoms with Crippen LogP contribution in [0.2, 0.25) is 0 Å². The lowest BCUT2D eigenvalue weighted by atomic mass is 9.81. The average Bonchev–Trinajstić information content (AvgIpc) is 2.74. The van der Waals surface area contributed by atoms with E-state index in [2.05, 4.69) is 13.5 Å². The van der Waals surface area contributed by atoms with Crippen molar-refractivity contribution in [2.75, 3.05) is 20.3 Å². The van der Waals surface area contributed by atoms with Gasteiger partial charge in [0.15, 0.2) is 5.78 Å². The van der Waals surface area contributed by atoms with Gasteiger partial charge < -0.3 is 14.2 Å². The molecule has 0 spiro atoms. The summed E-state index contributed by atoms with van der Waals surface area (Å²) in [5.41, 5.74) is 4.60. The number of hydrogen-bond donors (Lipinski definition) is 0. The molecule has 144 valence electrons. The number of allylic oxidation sites excluding steroid dienone is 3. The van der Waals surface area contributed by atoms with E-state index in [1.165, 1.54) is 0 Å². The molecule has 4 rings (SSSR count). The largest absolute Gasteiger partial charge is 0.497 e. The van der Waals surface area contributed by atoms with Gasteiger partial charge in [0, 0.05) is 11.1 Å². The van der Waals surface area contributed by atoms with Crippen molar-refractivity contribution in [3.63, 3.8) is 0 Å². The van der Waals surface area contributed by atoms with Gasteiger partial charge in [0.2, 0.25) is 0 Å². The van der Waals surface area contributed by atoms with Gasteiger partial charge in [-0.25, -0.2) is 0 Å². The average molecular weight is 376 g/mol. The van der Waals surface area contributed by atoms with Gasteiger partial charge in [0.25, 0.3) is 0 Å². The summed E-state index contributed by atoms with van der Waals surface area (Å²) < 4.78 is 17.2. The first-order valence-electron chi connectivity index (χ1n) is 9.69. The Labute approximate surface area is 165 Å². The molecule has 0 saturated carbocycles. The smallest absolute Gasteiger partial charge is 0.198 e. The van der Waals surface area contributed by atoms with Gasteiger partial charge in [-0.15, -0.1) is 0 Å². The Kier molecular flexibility index (Phi) is 4.95. The van der Waals surface area contributed by atoms with Gasteiger partial charge in [0.1, 0.15) is 17.2 Å². The lowest BCUT2D eigenvalue weighted by molar-refractivity contribution is 0.105. The van der Waals surface area contributed by atoms with Crippen LogP contribution >= 0.6 is 0 Å². The maximum absolute atomic E-state index is 13.5. The van der Waals surface area contributed by atoms with Crippen molar-refractivity contribution in [3.05, 3.63) is 65.2 Å². The highest BCUT2D eigenvalue weighted by Crippen LogP contribution is 2.46. The minimum absolute atomic E-state index is 0.0485. The Morgan fingerprint density at radius 1 is 1.18 bits per heavy atom. The summed E-state index contributed by atoms with van der Waals surface area (Å²) in [5, 5.41) is 0. The summed E-state index contributed by atoms with van der Waals surface area (Å²) in [7, 11) is 1.62. The predicted octanol–water partition coefficient (Wildman–Crippen LogP) is 5.10. The third kappa shape index (κ3) is 3.09. The van der Waals surface area contributed by atoms with Crippen LogP contribution in [0, 0.1) is 0 Å². The lowest BCUT2D eigenvalue weighted by Crippen LogP contribution is -2.19. The molecule has 2 aromatic carbocycles. The van der Waals surface area contributed by atoms with Crippen molar-refractivity contribution >= 4 is 16.9 Å². The van der Waals surface area contributed by atoms with Gasteiger partial charge in [-0.2, -0.15) is 0 Å². The number of methoxy groups -OCH3 is 1. The molecule has 1 aliphatic heterocycles. The number of ketones is 1. The highest BCUT2D eigenvalue weighted by atomic mass is 16.5. The van der Waals surface area contributed by atoms with Gasteiger partial charge >= 0.3 is 0 Å². The number of carbonyl (C=O) groups excluding carboxylic acids is 1. The molecule has 0 saturated heterocycles. The van der Waals surface area contributed by atoms with Gasteiger partial charge in [-0.1, -0.05) is 25.6 Å². The number of fused-ring (bicyclic) bond motifs is 3. The van der Waals surface area contributed by atoms with E-state index in [-0.39, 0.29) is 5.78 Å². The van der Waals surface area contributed by atoms with E-state index >= 15 is 0 Å². The minimum Gasteiger partial charge on any atom is -0.497 e. The molecule has 2 aliphatic rings. The zero-order chi connectivity index (χ0) is 19.7. The second-order valence-corrected chi connectivity index (χ2v) is 7.05. The zero-order valence-corrected chi connectivity index (χ0v) is 16.3. The number of benzene rings is 2. The summed E-state index contributed by atoms with van der Waals surface area (Å²) in [6.07, 6.45) is 4.57. The van der Waals surface area contributed by atoms with Crippen LogP contribution in [0.25, 0.3) is 11.1 Å². The second-order valence-electron chi connectivity index (χ2n) is 7.05. The third-order valence-corrected chi connectivity index (χ3v) is 5.13. The van der Waals surface area contributed by atoms with Crippen molar-refractivity contribution < 1.29 is 19.0 Å². The summed E-state index contributed by atoms with van der Waals surface area (Å²) in [5.74, 6) is 2.12. The van der Waals surface area contributed by atoms with Crippen LogP contribution in [-0.2, 0) is 6.42 Å². The van der Waals surface area contributed by atoms with E-state index in [1.54, 1.807) is 7.11 Å². The van der Waals surface area contributed by atoms with E-state index in [4.69, 9.17) is 14.2 Å². The highest BCUT2D eigenvalue weighted by molar-refractivity contribution is 6.35. The molecule has 0 unspecified atom stereocenters. The number of Topliss-reactive ketones (excluding diaryl/α,β-unsaturated/α-hetero) is 1. The molecule has 0 aromatic heterocycles.